The van der Waals surface area contributed by atoms with E-state index in [1.807, 2.05) is 0 Å². The maximum Gasteiger partial charge on any atom is 0.217 e. The lowest BCUT2D eigenvalue weighted by molar-refractivity contribution is -0.118. The van der Waals surface area contributed by atoms with Crippen molar-refractivity contribution < 1.29 is 13.2 Å². The molecule has 6 heteroatoms. The van der Waals surface area contributed by atoms with Crippen molar-refractivity contribution in [1.82, 2.24) is 0 Å². The van der Waals surface area contributed by atoms with Crippen LogP contribution in [0.4, 0.5) is 5.69 Å². The van der Waals surface area contributed by atoms with Crippen molar-refractivity contribution in [3.63, 3.8) is 0 Å². The Morgan fingerprint density at radius 2 is 1.94 bits per heavy atom. The highest BCUT2D eigenvalue weighted by molar-refractivity contribution is 7.90. The summed E-state index contributed by atoms with van der Waals surface area (Å²) in [6.45, 7) is 0.611. The van der Waals surface area contributed by atoms with Crippen LogP contribution in [0, 0.1) is 0 Å². The Balaban J connectivity index is 2.55. The Morgan fingerprint density at radius 3 is 2.56 bits per heavy atom. The third-order valence-electron chi connectivity index (χ3n) is 2.45. The summed E-state index contributed by atoms with van der Waals surface area (Å²) in [5.41, 5.74) is 5.62. The van der Waals surface area contributed by atoms with Crippen LogP contribution in [-0.4, -0.2) is 27.1 Å². The minimum absolute atomic E-state index is 0.292. The van der Waals surface area contributed by atoms with Crippen LogP contribution in [0.3, 0.4) is 0 Å². The van der Waals surface area contributed by atoms with Gasteiger partial charge in [0.1, 0.15) is 0 Å². The van der Waals surface area contributed by atoms with Crippen molar-refractivity contribution >= 4 is 21.4 Å². The van der Waals surface area contributed by atoms with E-state index in [9.17, 15) is 13.2 Å². The number of sulfone groups is 1. The van der Waals surface area contributed by atoms with Crippen molar-refractivity contribution in [3.05, 3.63) is 24.3 Å². The maximum absolute atomic E-state index is 11.5. The zero-order valence-electron chi connectivity index (χ0n) is 10.3. The molecule has 0 bridgehead atoms. The van der Waals surface area contributed by atoms with Crippen LogP contribution in [0.15, 0.2) is 29.2 Å². The van der Waals surface area contributed by atoms with Crippen LogP contribution in [0.25, 0.3) is 0 Å². The smallest absolute Gasteiger partial charge is 0.217 e. The second-order valence-corrected chi connectivity index (χ2v) is 6.10. The molecule has 100 valence electrons. The van der Waals surface area contributed by atoms with Gasteiger partial charge in [-0.1, -0.05) is 12.1 Å². The molecule has 18 heavy (non-hydrogen) atoms. The van der Waals surface area contributed by atoms with Gasteiger partial charge in [0.2, 0.25) is 5.91 Å². The van der Waals surface area contributed by atoms with E-state index in [-0.39, 0.29) is 5.91 Å². The van der Waals surface area contributed by atoms with Gasteiger partial charge in [-0.2, -0.15) is 0 Å². The number of nitrogens with one attached hydrogen (secondary N) is 1. The van der Waals surface area contributed by atoms with Gasteiger partial charge in [0.15, 0.2) is 9.84 Å². The molecule has 0 saturated carbocycles. The summed E-state index contributed by atoms with van der Waals surface area (Å²) >= 11 is 0. The number of carbonyl (C=O) groups is 1. The number of unbranched alkanes of at least 4 members (excludes halogenated alkanes) is 1. The van der Waals surface area contributed by atoms with Crippen LogP contribution in [0.5, 0.6) is 0 Å². The lowest BCUT2D eigenvalue weighted by Gasteiger charge is -2.10. The number of hydrogen-bond acceptors (Lipinski definition) is 4. The number of carbonyl (C=O) groups excluding carboxylic acids is 1. The van der Waals surface area contributed by atoms with E-state index in [1.54, 1.807) is 24.3 Å². The van der Waals surface area contributed by atoms with E-state index in [4.69, 9.17) is 5.73 Å². The molecular weight excluding hydrogens is 252 g/mol. The largest absolute Gasteiger partial charge is 0.384 e. The Labute approximate surface area is 107 Å². The minimum atomic E-state index is -3.23. The fourth-order valence-corrected chi connectivity index (χ4v) is 2.45. The van der Waals surface area contributed by atoms with E-state index in [1.165, 1.54) is 6.26 Å². The van der Waals surface area contributed by atoms with Crippen molar-refractivity contribution in [3.8, 4) is 0 Å². The topological polar surface area (TPSA) is 89.3 Å². The highest BCUT2D eigenvalue weighted by Gasteiger charge is 2.11. The summed E-state index contributed by atoms with van der Waals surface area (Å²) in [5.74, 6) is -0.313. The zero-order chi connectivity index (χ0) is 13.6. The fourth-order valence-electron chi connectivity index (χ4n) is 1.58. The lowest BCUT2D eigenvalue weighted by Crippen LogP contribution is -2.11. The minimum Gasteiger partial charge on any atom is -0.384 e. The van der Waals surface area contributed by atoms with Crippen LogP contribution < -0.4 is 11.1 Å². The van der Waals surface area contributed by atoms with Crippen molar-refractivity contribution in [2.24, 2.45) is 5.73 Å². The summed E-state index contributed by atoms with van der Waals surface area (Å²) in [6.07, 6.45) is 3.00. The van der Waals surface area contributed by atoms with E-state index in [0.29, 0.717) is 30.0 Å². The Hall–Kier alpha value is -1.56. The molecule has 0 atom stereocenters. The maximum atomic E-state index is 11.5. The summed E-state index contributed by atoms with van der Waals surface area (Å²) in [6, 6.07) is 6.76. The van der Waals surface area contributed by atoms with E-state index >= 15 is 0 Å². The zero-order valence-corrected chi connectivity index (χ0v) is 11.2. The molecule has 5 nitrogen and oxygen atoms in total. The van der Waals surface area contributed by atoms with Gasteiger partial charge in [-0.3, -0.25) is 4.79 Å². The van der Waals surface area contributed by atoms with Gasteiger partial charge < -0.3 is 11.1 Å². The average molecular weight is 270 g/mol. The van der Waals surface area contributed by atoms with E-state index in [2.05, 4.69) is 5.32 Å². The van der Waals surface area contributed by atoms with Gasteiger partial charge in [0.05, 0.1) is 10.6 Å². The number of nitrogens with two attached hydrogens (primary N) is 1. The third kappa shape index (κ3) is 4.75. The highest BCUT2D eigenvalue weighted by Crippen LogP contribution is 2.20. The molecule has 0 aliphatic rings. The Kier molecular flexibility index (Phi) is 5.15. The second-order valence-electron chi connectivity index (χ2n) is 4.12. The first-order chi connectivity index (χ1) is 8.41. The lowest BCUT2D eigenvalue weighted by atomic mass is 10.2. The van der Waals surface area contributed by atoms with Crippen molar-refractivity contribution in [2.45, 2.75) is 24.2 Å². The molecule has 0 fully saturated rings. The summed E-state index contributed by atoms with van der Waals surface area (Å²) in [7, 11) is -3.23. The number of anilines is 1. The Morgan fingerprint density at radius 1 is 1.28 bits per heavy atom. The van der Waals surface area contributed by atoms with Crippen LogP contribution >= 0.6 is 0 Å². The Bertz CT molecular complexity index is 512. The molecule has 0 unspecified atom stereocenters. The van der Waals surface area contributed by atoms with Gasteiger partial charge in [-0.05, 0) is 25.0 Å². The first-order valence-corrected chi connectivity index (χ1v) is 7.61. The van der Waals surface area contributed by atoms with Crippen LogP contribution in [0.2, 0.25) is 0 Å². The molecule has 0 spiro atoms. The molecule has 0 radical (unpaired) electrons. The first kappa shape index (κ1) is 14.5. The molecule has 1 aromatic carbocycles. The quantitative estimate of drug-likeness (QED) is 0.727. The predicted octanol–water partition coefficient (Wildman–Crippen LogP) is 1.16. The van der Waals surface area contributed by atoms with Gasteiger partial charge >= 0.3 is 0 Å². The van der Waals surface area contributed by atoms with Gasteiger partial charge in [0, 0.05) is 19.2 Å². The number of amides is 1. The fraction of sp³-hybridized carbons (Fsp3) is 0.417. The molecule has 1 aromatic rings. The van der Waals surface area contributed by atoms with E-state index < -0.39 is 9.84 Å². The number of rotatable bonds is 7. The molecular formula is C12H18N2O3S. The standard InChI is InChI=1S/C12H18N2O3S/c1-18(16,17)11-7-3-2-6-10(11)14-9-5-4-8-12(13)15/h2-3,6-7,14H,4-5,8-9H2,1H3,(H2,13,15). The molecule has 0 aromatic heterocycles. The SMILES string of the molecule is CS(=O)(=O)c1ccccc1NCCCCC(N)=O. The number of hydrogen-bond donors (Lipinski definition) is 2. The predicted molar refractivity (Wildman–Crippen MR) is 71.1 cm³/mol. The monoisotopic (exact) mass is 270 g/mol. The summed E-state index contributed by atoms with van der Waals surface area (Å²) < 4.78 is 23.1. The van der Waals surface area contributed by atoms with Crippen molar-refractivity contribution in [1.29, 1.82) is 0 Å². The molecule has 0 heterocycles. The molecule has 0 aliphatic heterocycles. The van der Waals surface area contributed by atoms with Crippen LogP contribution in [-0.2, 0) is 14.6 Å². The molecule has 3 N–H and O–H groups in total. The molecule has 1 rings (SSSR count). The summed E-state index contributed by atoms with van der Waals surface area (Å²) in [5, 5.41) is 3.06. The normalized spacial score (nSPS) is 11.2. The number of benzene rings is 1. The summed E-state index contributed by atoms with van der Waals surface area (Å²) in [4.78, 5) is 10.8. The molecule has 1 amide bonds. The molecule has 0 saturated heterocycles. The average Bonchev–Trinajstić information content (AvgIpc) is 2.27. The van der Waals surface area contributed by atoms with Crippen molar-refractivity contribution in [2.75, 3.05) is 18.1 Å². The number of para-hydroxylation sites is 1. The van der Waals surface area contributed by atoms with Crippen LogP contribution in [0.1, 0.15) is 19.3 Å². The van der Waals surface area contributed by atoms with E-state index in [0.717, 1.165) is 6.42 Å². The van der Waals surface area contributed by atoms with Gasteiger partial charge in [-0.25, -0.2) is 8.42 Å². The third-order valence-corrected chi connectivity index (χ3v) is 3.61. The molecule has 0 aliphatic carbocycles. The first-order valence-electron chi connectivity index (χ1n) is 5.72. The second kappa shape index (κ2) is 6.39. The van der Waals surface area contributed by atoms with Gasteiger partial charge in [-0.15, -0.1) is 0 Å². The van der Waals surface area contributed by atoms with Gasteiger partial charge in [0.25, 0.3) is 0 Å². The number of primary amides is 1. The highest BCUT2D eigenvalue weighted by atomic mass is 32.2.